The summed E-state index contributed by atoms with van der Waals surface area (Å²) in [6, 6.07) is 14.7. The van der Waals surface area contributed by atoms with Crippen LogP contribution in [0, 0.1) is 0 Å². The largest absolute Gasteiger partial charge is 0.493 e. The smallest absolute Gasteiger partial charge is 0.337 e. The van der Waals surface area contributed by atoms with Crippen molar-refractivity contribution >= 4 is 17.6 Å². The summed E-state index contributed by atoms with van der Waals surface area (Å²) in [6.45, 7) is -0.112. The molecule has 1 fully saturated rings. The second-order valence-corrected chi connectivity index (χ2v) is 7.04. The Morgan fingerprint density at radius 1 is 0.966 bits per heavy atom. The van der Waals surface area contributed by atoms with Crippen molar-refractivity contribution in [3.8, 4) is 11.5 Å². The summed E-state index contributed by atoms with van der Waals surface area (Å²) in [5, 5.41) is 0. The molecule has 0 atom stereocenters. The van der Waals surface area contributed by atoms with Gasteiger partial charge in [0.2, 0.25) is 0 Å². The van der Waals surface area contributed by atoms with E-state index < -0.39 is 5.97 Å². The average molecular weight is 397 g/mol. The van der Waals surface area contributed by atoms with E-state index in [9.17, 15) is 9.59 Å². The molecule has 2 aromatic rings. The van der Waals surface area contributed by atoms with Gasteiger partial charge in [-0.25, -0.2) is 4.79 Å². The third-order valence-corrected chi connectivity index (χ3v) is 5.18. The van der Waals surface area contributed by atoms with Gasteiger partial charge in [-0.15, -0.1) is 0 Å². The molecule has 3 rings (SSSR count). The number of hydrogen-bond donors (Lipinski definition) is 0. The van der Waals surface area contributed by atoms with Crippen molar-refractivity contribution in [2.24, 2.45) is 0 Å². The van der Waals surface area contributed by atoms with E-state index >= 15 is 0 Å². The van der Waals surface area contributed by atoms with Gasteiger partial charge in [0.1, 0.15) is 0 Å². The Kier molecular flexibility index (Phi) is 7.11. The van der Waals surface area contributed by atoms with Crippen molar-refractivity contribution < 1.29 is 23.8 Å². The molecule has 1 aliphatic rings. The highest BCUT2D eigenvalue weighted by Gasteiger charge is 2.27. The van der Waals surface area contributed by atoms with Crippen LogP contribution in [0.15, 0.2) is 48.5 Å². The Morgan fingerprint density at radius 3 is 2.34 bits per heavy atom. The minimum absolute atomic E-state index is 0.0952. The molecule has 0 N–H and O–H groups in total. The molecule has 0 bridgehead atoms. The number of nitrogens with zero attached hydrogens (tertiary/aromatic N) is 1. The summed E-state index contributed by atoms with van der Waals surface area (Å²) in [5.41, 5.74) is 1.25. The van der Waals surface area contributed by atoms with Crippen LogP contribution >= 0.6 is 0 Å². The Morgan fingerprint density at radius 2 is 1.69 bits per heavy atom. The van der Waals surface area contributed by atoms with Gasteiger partial charge in [0.15, 0.2) is 18.1 Å². The number of para-hydroxylation sites is 1. The van der Waals surface area contributed by atoms with Crippen LogP contribution in [-0.2, 0) is 9.53 Å². The number of hydrogen-bond acceptors (Lipinski definition) is 5. The quantitative estimate of drug-likeness (QED) is 0.654. The van der Waals surface area contributed by atoms with E-state index in [1.54, 1.807) is 18.2 Å². The van der Waals surface area contributed by atoms with Crippen LogP contribution in [0.1, 0.15) is 42.5 Å². The fraction of sp³-hybridized carbons (Fsp3) is 0.391. The molecule has 2 aromatic carbocycles. The van der Waals surface area contributed by atoms with Gasteiger partial charge in [0.05, 0.1) is 19.8 Å². The number of carbonyl (C=O) groups is 2. The van der Waals surface area contributed by atoms with Gasteiger partial charge in [-0.2, -0.15) is 0 Å². The van der Waals surface area contributed by atoms with Crippen LogP contribution in [0.5, 0.6) is 11.5 Å². The second-order valence-electron chi connectivity index (χ2n) is 7.04. The third kappa shape index (κ3) is 5.08. The molecule has 1 saturated carbocycles. The first-order valence-electron chi connectivity index (χ1n) is 9.90. The molecule has 0 spiro atoms. The minimum atomic E-state index is -0.460. The zero-order valence-electron chi connectivity index (χ0n) is 16.9. The predicted octanol–water partition coefficient (Wildman–Crippen LogP) is 4.23. The van der Waals surface area contributed by atoms with Crippen molar-refractivity contribution in [1.29, 1.82) is 0 Å². The molecular weight excluding hydrogens is 370 g/mol. The fourth-order valence-electron chi connectivity index (χ4n) is 3.73. The number of methoxy groups -OCH3 is 2. The van der Waals surface area contributed by atoms with Gasteiger partial charge in [-0.1, -0.05) is 37.5 Å². The summed E-state index contributed by atoms with van der Waals surface area (Å²) in [6.07, 6.45) is 5.47. The lowest BCUT2D eigenvalue weighted by Crippen LogP contribution is -2.44. The van der Waals surface area contributed by atoms with Gasteiger partial charge < -0.3 is 19.1 Å². The Hall–Kier alpha value is -3.02. The lowest BCUT2D eigenvalue weighted by molar-refractivity contribution is -0.121. The zero-order valence-corrected chi connectivity index (χ0v) is 16.9. The van der Waals surface area contributed by atoms with Crippen molar-refractivity contribution in [3.63, 3.8) is 0 Å². The lowest BCUT2D eigenvalue weighted by atomic mass is 9.93. The van der Waals surface area contributed by atoms with Crippen LogP contribution in [0.3, 0.4) is 0 Å². The first kappa shape index (κ1) is 20.7. The number of ether oxygens (including phenoxy) is 3. The van der Waals surface area contributed by atoms with E-state index in [2.05, 4.69) is 0 Å². The highest BCUT2D eigenvalue weighted by atomic mass is 16.5. The fourth-order valence-corrected chi connectivity index (χ4v) is 3.73. The van der Waals surface area contributed by atoms with Crippen LogP contribution in [0.4, 0.5) is 5.69 Å². The summed E-state index contributed by atoms with van der Waals surface area (Å²) >= 11 is 0. The third-order valence-electron chi connectivity index (χ3n) is 5.18. The monoisotopic (exact) mass is 397 g/mol. The van der Waals surface area contributed by atoms with Crippen molar-refractivity contribution in [2.45, 2.75) is 38.1 Å². The number of amides is 1. The molecule has 1 aliphatic carbocycles. The van der Waals surface area contributed by atoms with Crippen molar-refractivity contribution in [1.82, 2.24) is 0 Å². The first-order chi connectivity index (χ1) is 14.1. The molecule has 6 heteroatoms. The van der Waals surface area contributed by atoms with Gasteiger partial charge in [0.25, 0.3) is 5.91 Å². The summed E-state index contributed by atoms with van der Waals surface area (Å²) < 4.78 is 15.8. The van der Waals surface area contributed by atoms with E-state index in [4.69, 9.17) is 14.2 Å². The average Bonchev–Trinajstić information content (AvgIpc) is 2.78. The number of esters is 1. The molecule has 0 radical (unpaired) electrons. The topological polar surface area (TPSA) is 65.1 Å². The maximum Gasteiger partial charge on any atom is 0.337 e. The first-order valence-corrected chi connectivity index (χ1v) is 9.90. The van der Waals surface area contributed by atoms with Gasteiger partial charge in [-0.05, 0) is 43.2 Å². The molecule has 154 valence electrons. The Balaban J connectivity index is 1.75. The maximum absolute atomic E-state index is 13.1. The predicted molar refractivity (Wildman–Crippen MR) is 111 cm³/mol. The summed E-state index contributed by atoms with van der Waals surface area (Å²) in [5.74, 6) is 0.232. The van der Waals surface area contributed by atoms with Crippen LogP contribution < -0.4 is 14.4 Å². The highest BCUT2D eigenvalue weighted by molar-refractivity contribution is 5.95. The molecule has 0 aliphatic heterocycles. The highest BCUT2D eigenvalue weighted by Crippen LogP contribution is 2.30. The standard InChI is InChI=1S/C23H27NO5/c1-27-21-15-17(23(26)28-2)13-14-20(21)29-16-22(25)24(18-9-5-3-6-10-18)19-11-7-4-8-12-19/h3,5-6,9-10,13-15,19H,4,7-8,11-12,16H2,1-2H3. The van der Waals surface area contributed by atoms with Gasteiger partial charge in [-0.3, -0.25) is 4.79 Å². The van der Waals surface area contributed by atoms with E-state index in [-0.39, 0.29) is 18.6 Å². The Bertz CT molecular complexity index is 830. The van der Waals surface area contributed by atoms with Gasteiger partial charge >= 0.3 is 5.97 Å². The molecule has 0 unspecified atom stereocenters. The number of rotatable bonds is 7. The van der Waals surface area contributed by atoms with E-state index in [1.165, 1.54) is 20.6 Å². The van der Waals surface area contributed by atoms with E-state index in [0.717, 1.165) is 31.4 Å². The SMILES string of the molecule is COC(=O)c1ccc(OCC(=O)N(c2ccccc2)C2CCCCC2)c(OC)c1. The number of benzene rings is 2. The van der Waals surface area contributed by atoms with E-state index in [1.807, 2.05) is 35.2 Å². The number of anilines is 1. The second kappa shape index (κ2) is 9.96. The molecule has 0 aromatic heterocycles. The molecule has 29 heavy (non-hydrogen) atoms. The van der Waals surface area contributed by atoms with Gasteiger partial charge in [0, 0.05) is 11.7 Å². The van der Waals surface area contributed by atoms with Crippen molar-refractivity contribution in [2.75, 3.05) is 25.7 Å². The molecule has 1 amide bonds. The van der Waals surface area contributed by atoms with Crippen molar-refractivity contribution in [3.05, 3.63) is 54.1 Å². The number of carbonyl (C=O) groups excluding carboxylic acids is 2. The maximum atomic E-state index is 13.1. The van der Waals surface area contributed by atoms with Crippen LogP contribution in [0.2, 0.25) is 0 Å². The molecule has 0 saturated heterocycles. The van der Waals surface area contributed by atoms with E-state index in [0.29, 0.717) is 17.1 Å². The molecule has 6 nitrogen and oxygen atoms in total. The summed E-state index contributed by atoms with van der Waals surface area (Å²) in [4.78, 5) is 26.7. The zero-order chi connectivity index (χ0) is 20.6. The normalized spacial score (nSPS) is 14.1. The summed E-state index contributed by atoms with van der Waals surface area (Å²) in [7, 11) is 2.81. The lowest BCUT2D eigenvalue weighted by Gasteiger charge is -2.34. The van der Waals surface area contributed by atoms with Crippen LogP contribution in [0.25, 0.3) is 0 Å². The minimum Gasteiger partial charge on any atom is -0.493 e. The molecular formula is C23H27NO5. The van der Waals surface area contributed by atoms with Crippen LogP contribution in [-0.4, -0.2) is 38.7 Å². The Labute approximate surface area is 171 Å². The molecule has 0 heterocycles.